The maximum absolute atomic E-state index is 13.8. The van der Waals surface area contributed by atoms with Crippen molar-refractivity contribution in [3.63, 3.8) is 0 Å². The summed E-state index contributed by atoms with van der Waals surface area (Å²) in [6.45, 7) is 4.55. The molecule has 1 aliphatic heterocycles. The lowest BCUT2D eigenvalue weighted by Crippen LogP contribution is -2.51. The minimum Gasteiger partial charge on any atom is -0.349 e. The number of carbonyl (C=O) groups excluding carboxylic acids is 3. The molecule has 164 valence electrons. The Balaban J connectivity index is 1.60. The average Bonchev–Trinajstić information content (AvgIpc) is 2.75. The van der Waals surface area contributed by atoms with Gasteiger partial charge >= 0.3 is 0 Å². The van der Waals surface area contributed by atoms with Crippen LogP contribution in [-0.2, 0) is 9.59 Å². The number of hydrogen-bond acceptors (Lipinski definition) is 3. The fourth-order valence-electron chi connectivity index (χ4n) is 3.56. The van der Waals surface area contributed by atoms with Gasteiger partial charge in [0.15, 0.2) is 0 Å². The van der Waals surface area contributed by atoms with E-state index in [1.54, 1.807) is 53.1 Å². The van der Waals surface area contributed by atoms with Crippen molar-refractivity contribution in [1.82, 2.24) is 15.1 Å². The Labute approximate surface area is 186 Å². The normalized spacial score (nSPS) is 14.8. The molecule has 0 saturated carbocycles. The molecule has 2 aromatic carbocycles. The number of piperazine rings is 1. The molecular weight excluding hydrogens is 421 g/mol. The molecular formula is C23H25ClFN3O3. The van der Waals surface area contributed by atoms with Gasteiger partial charge in [0, 0.05) is 43.7 Å². The number of benzene rings is 2. The third-order valence-corrected chi connectivity index (χ3v) is 5.62. The van der Waals surface area contributed by atoms with Crippen molar-refractivity contribution in [2.24, 2.45) is 0 Å². The summed E-state index contributed by atoms with van der Waals surface area (Å²) < 4.78 is 13.8. The smallest absolute Gasteiger partial charge is 0.254 e. The van der Waals surface area contributed by atoms with Crippen LogP contribution >= 0.6 is 11.6 Å². The minimum absolute atomic E-state index is 0.109. The number of amides is 3. The van der Waals surface area contributed by atoms with Crippen molar-refractivity contribution in [2.45, 2.75) is 26.3 Å². The van der Waals surface area contributed by atoms with Crippen LogP contribution in [0.25, 0.3) is 0 Å². The third kappa shape index (κ3) is 5.82. The fourth-order valence-corrected chi connectivity index (χ4v) is 3.69. The van der Waals surface area contributed by atoms with Crippen molar-refractivity contribution >= 4 is 29.3 Å². The van der Waals surface area contributed by atoms with Crippen LogP contribution in [0.1, 0.15) is 40.9 Å². The summed E-state index contributed by atoms with van der Waals surface area (Å²) in [4.78, 5) is 40.4. The highest BCUT2D eigenvalue weighted by Gasteiger charge is 2.27. The Bertz CT molecular complexity index is 973. The molecule has 31 heavy (non-hydrogen) atoms. The molecule has 1 atom stereocenters. The van der Waals surface area contributed by atoms with E-state index in [9.17, 15) is 18.8 Å². The second-order valence-corrected chi connectivity index (χ2v) is 8.08. The summed E-state index contributed by atoms with van der Waals surface area (Å²) in [5.74, 6) is -0.996. The van der Waals surface area contributed by atoms with Crippen LogP contribution in [0.15, 0.2) is 42.5 Å². The second kappa shape index (κ2) is 9.92. The average molecular weight is 446 g/mol. The van der Waals surface area contributed by atoms with Crippen molar-refractivity contribution in [2.75, 3.05) is 26.2 Å². The molecule has 1 fully saturated rings. The van der Waals surface area contributed by atoms with Gasteiger partial charge in [-0.2, -0.15) is 0 Å². The first-order valence-corrected chi connectivity index (χ1v) is 10.5. The van der Waals surface area contributed by atoms with E-state index in [1.807, 2.05) is 0 Å². The summed E-state index contributed by atoms with van der Waals surface area (Å²) in [5.41, 5.74) is 1.58. The van der Waals surface area contributed by atoms with Crippen molar-refractivity contribution < 1.29 is 18.8 Å². The molecule has 1 aliphatic rings. The molecule has 8 heteroatoms. The number of nitrogens with one attached hydrogen (secondary N) is 1. The quantitative estimate of drug-likeness (QED) is 0.767. The Morgan fingerprint density at radius 1 is 1.03 bits per heavy atom. The second-order valence-electron chi connectivity index (χ2n) is 7.65. The van der Waals surface area contributed by atoms with Crippen LogP contribution in [0.4, 0.5) is 4.39 Å². The molecule has 2 aromatic rings. The van der Waals surface area contributed by atoms with E-state index in [0.717, 1.165) is 5.56 Å². The predicted molar refractivity (Wildman–Crippen MR) is 116 cm³/mol. The van der Waals surface area contributed by atoms with Gasteiger partial charge in [0.25, 0.3) is 5.91 Å². The lowest BCUT2D eigenvalue weighted by atomic mass is 10.0. The van der Waals surface area contributed by atoms with E-state index in [1.165, 1.54) is 13.0 Å². The summed E-state index contributed by atoms with van der Waals surface area (Å²) in [5, 5.41) is 3.39. The highest BCUT2D eigenvalue weighted by atomic mass is 35.5. The molecule has 1 heterocycles. The molecule has 3 rings (SSSR count). The first-order valence-electron chi connectivity index (χ1n) is 10.1. The summed E-state index contributed by atoms with van der Waals surface area (Å²) >= 11 is 5.93. The van der Waals surface area contributed by atoms with Gasteiger partial charge in [-0.25, -0.2) is 4.39 Å². The van der Waals surface area contributed by atoms with Gasteiger partial charge in [0.2, 0.25) is 11.8 Å². The topological polar surface area (TPSA) is 69.7 Å². The van der Waals surface area contributed by atoms with Gasteiger partial charge < -0.3 is 15.1 Å². The van der Waals surface area contributed by atoms with Crippen LogP contribution in [0, 0.1) is 12.7 Å². The lowest BCUT2D eigenvalue weighted by molar-refractivity contribution is -0.133. The number of rotatable bonds is 5. The predicted octanol–water partition coefficient (Wildman–Crippen LogP) is 3.34. The highest BCUT2D eigenvalue weighted by Crippen LogP contribution is 2.21. The van der Waals surface area contributed by atoms with Gasteiger partial charge in [-0.1, -0.05) is 29.8 Å². The van der Waals surface area contributed by atoms with E-state index >= 15 is 0 Å². The Morgan fingerprint density at radius 3 is 2.23 bits per heavy atom. The molecule has 3 amide bonds. The van der Waals surface area contributed by atoms with Crippen molar-refractivity contribution in [3.8, 4) is 0 Å². The third-order valence-electron chi connectivity index (χ3n) is 5.37. The summed E-state index contributed by atoms with van der Waals surface area (Å²) in [7, 11) is 0. The first-order chi connectivity index (χ1) is 14.7. The molecule has 0 spiro atoms. The number of nitrogens with zero attached hydrogens (tertiary/aromatic N) is 2. The Kier molecular flexibility index (Phi) is 7.28. The Morgan fingerprint density at radius 2 is 1.65 bits per heavy atom. The van der Waals surface area contributed by atoms with Crippen LogP contribution in [-0.4, -0.2) is 53.7 Å². The van der Waals surface area contributed by atoms with E-state index in [0.29, 0.717) is 42.3 Å². The van der Waals surface area contributed by atoms with Gasteiger partial charge in [-0.3, -0.25) is 14.4 Å². The van der Waals surface area contributed by atoms with Gasteiger partial charge in [0.05, 0.1) is 12.5 Å². The largest absolute Gasteiger partial charge is 0.349 e. The molecule has 0 radical (unpaired) electrons. The lowest BCUT2D eigenvalue weighted by Gasteiger charge is -2.35. The van der Waals surface area contributed by atoms with E-state index < -0.39 is 11.9 Å². The number of aryl methyl sites for hydroxylation is 1. The van der Waals surface area contributed by atoms with E-state index in [2.05, 4.69) is 5.32 Å². The molecule has 0 aromatic heterocycles. The zero-order chi connectivity index (χ0) is 22.5. The summed E-state index contributed by atoms with van der Waals surface area (Å²) in [6.07, 6.45) is 0.109. The number of hydrogen-bond donors (Lipinski definition) is 1. The van der Waals surface area contributed by atoms with Crippen molar-refractivity contribution in [3.05, 3.63) is 70.0 Å². The zero-order valence-electron chi connectivity index (χ0n) is 17.5. The van der Waals surface area contributed by atoms with Gasteiger partial charge in [0.1, 0.15) is 5.82 Å². The van der Waals surface area contributed by atoms with E-state index in [4.69, 9.17) is 11.6 Å². The Hall–Kier alpha value is -2.93. The minimum atomic E-state index is -0.461. The molecule has 0 bridgehead atoms. The summed E-state index contributed by atoms with van der Waals surface area (Å²) in [6, 6.07) is 11.0. The first kappa shape index (κ1) is 22.7. The monoisotopic (exact) mass is 445 g/mol. The fraction of sp³-hybridized carbons (Fsp3) is 0.348. The molecule has 1 N–H and O–H groups in total. The zero-order valence-corrected chi connectivity index (χ0v) is 18.3. The number of halogens is 2. The standard InChI is InChI=1S/C23H25ClFN3O3/c1-15-3-4-18(13-20(15)25)23(31)28-11-9-27(10-12-28)22(30)14-21(26-16(2)29)17-5-7-19(24)8-6-17/h3-8,13,21H,9-12,14H2,1-2H3,(H,26,29). The van der Waals surface area contributed by atoms with Crippen LogP contribution in [0.5, 0.6) is 0 Å². The van der Waals surface area contributed by atoms with Crippen molar-refractivity contribution in [1.29, 1.82) is 0 Å². The van der Waals surface area contributed by atoms with Crippen LogP contribution in [0.3, 0.4) is 0 Å². The number of carbonyl (C=O) groups is 3. The maximum Gasteiger partial charge on any atom is 0.254 e. The molecule has 1 unspecified atom stereocenters. The van der Waals surface area contributed by atoms with E-state index in [-0.39, 0.29) is 24.1 Å². The molecule has 0 aliphatic carbocycles. The molecule has 1 saturated heterocycles. The van der Waals surface area contributed by atoms with Gasteiger partial charge in [-0.15, -0.1) is 0 Å². The molecule has 6 nitrogen and oxygen atoms in total. The van der Waals surface area contributed by atoms with Gasteiger partial charge in [-0.05, 0) is 42.3 Å². The van der Waals surface area contributed by atoms with Crippen LogP contribution in [0.2, 0.25) is 5.02 Å². The highest BCUT2D eigenvalue weighted by molar-refractivity contribution is 6.30. The SMILES string of the molecule is CC(=O)NC(CC(=O)N1CCN(C(=O)c2ccc(C)c(F)c2)CC1)c1ccc(Cl)cc1. The van der Waals surface area contributed by atoms with Crippen LogP contribution < -0.4 is 5.32 Å². The maximum atomic E-state index is 13.8.